The van der Waals surface area contributed by atoms with Gasteiger partial charge in [-0.15, -0.1) is 11.3 Å². The summed E-state index contributed by atoms with van der Waals surface area (Å²) in [6.45, 7) is 2.29. The van der Waals surface area contributed by atoms with Crippen molar-refractivity contribution in [2.24, 2.45) is 5.73 Å². The molecule has 2 aromatic heterocycles. The lowest BCUT2D eigenvalue weighted by molar-refractivity contribution is 0.618. The predicted octanol–water partition coefficient (Wildman–Crippen LogP) is 1.28. The Hall–Kier alpha value is -1.95. The first-order chi connectivity index (χ1) is 8.13. The highest BCUT2D eigenvalue weighted by molar-refractivity contribution is 7.13. The van der Waals surface area contributed by atoms with Crippen LogP contribution in [-0.2, 0) is 6.54 Å². The summed E-state index contributed by atoms with van der Waals surface area (Å²) in [6, 6.07) is 5.40. The summed E-state index contributed by atoms with van der Waals surface area (Å²) in [5.41, 5.74) is 5.96. The number of hydrogen-bond donors (Lipinski definition) is 2. The molecule has 17 heavy (non-hydrogen) atoms. The van der Waals surface area contributed by atoms with E-state index in [1.165, 1.54) is 16.0 Å². The number of rotatable bonds is 3. The first-order valence-corrected chi connectivity index (χ1v) is 6.02. The van der Waals surface area contributed by atoms with Gasteiger partial charge < -0.3 is 5.73 Å². The highest BCUT2D eigenvalue weighted by Gasteiger charge is 2.11. The van der Waals surface area contributed by atoms with Crippen LogP contribution in [0.5, 0.6) is 0 Å². The van der Waals surface area contributed by atoms with Gasteiger partial charge >= 0.3 is 0 Å². The highest BCUT2D eigenvalue weighted by Crippen LogP contribution is 2.22. The maximum Gasteiger partial charge on any atom is 0.277 e. The second-order valence-corrected chi connectivity index (χ2v) is 4.40. The minimum Gasteiger partial charge on any atom is -0.384 e. The van der Waals surface area contributed by atoms with Crippen molar-refractivity contribution in [2.75, 3.05) is 0 Å². The number of thiophene rings is 1. The monoisotopic (exact) mass is 248 g/mol. The van der Waals surface area contributed by atoms with E-state index in [-0.39, 0.29) is 17.0 Å². The minimum atomic E-state index is -0.319. The van der Waals surface area contributed by atoms with Gasteiger partial charge in [0.15, 0.2) is 0 Å². The molecule has 2 aromatic rings. The first-order valence-electron chi connectivity index (χ1n) is 5.14. The zero-order valence-electron chi connectivity index (χ0n) is 9.30. The molecule has 0 aromatic carbocycles. The van der Waals surface area contributed by atoms with E-state index in [1.807, 2.05) is 24.4 Å². The van der Waals surface area contributed by atoms with E-state index in [9.17, 15) is 4.79 Å². The van der Waals surface area contributed by atoms with Gasteiger partial charge in [-0.3, -0.25) is 10.2 Å². The molecule has 0 saturated heterocycles. The number of amidine groups is 1. The van der Waals surface area contributed by atoms with Crippen molar-refractivity contribution in [3.8, 4) is 10.6 Å². The van der Waals surface area contributed by atoms with E-state index >= 15 is 0 Å². The van der Waals surface area contributed by atoms with E-state index in [0.717, 1.165) is 4.88 Å². The molecule has 5 nitrogen and oxygen atoms in total. The predicted molar refractivity (Wildman–Crippen MR) is 68.5 cm³/mol. The lowest BCUT2D eigenvalue weighted by Gasteiger charge is -2.06. The van der Waals surface area contributed by atoms with Gasteiger partial charge in [0.25, 0.3) is 5.56 Å². The van der Waals surface area contributed by atoms with E-state index in [4.69, 9.17) is 11.1 Å². The summed E-state index contributed by atoms with van der Waals surface area (Å²) in [5, 5.41) is 13.6. The third kappa shape index (κ3) is 2.12. The molecule has 0 bridgehead atoms. The fourth-order valence-corrected chi connectivity index (χ4v) is 2.18. The first kappa shape index (κ1) is 11.5. The molecule has 0 radical (unpaired) electrons. The van der Waals surface area contributed by atoms with Crippen molar-refractivity contribution in [2.45, 2.75) is 13.5 Å². The Kier molecular flexibility index (Phi) is 3.06. The number of hydrogen-bond acceptors (Lipinski definition) is 4. The normalized spacial score (nSPS) is 10.4. The van der Waals surface area contributed by atoms with Gasteiger partial charge in [-0.25, -0.2) is 4.68 Å². The van der Waals surface area contributed by atoms with Crippen LogP contribution in [0.15, 0.2) is 28.4 Å². The standard InChI is InChI=1S/C11H12N4OS/c1-2-15-11(16)7(10(12)13)6-8(14-15)9-4-3-5-17-9/h3-6H,2H2,1H3,(H3,12,13). The Morgan fingerprint density at radius 3 is 2.94 bits per heavy atom. The zero-order valence-corrected chi connectivity index (χ0v) is 10.1. The van der Waals surface area contributed by atoms with Crippen LogP contribution in [0.4, 0.5) is 0 Å². The van der Waals surface area contributed by atoms with E-state index in [0.29, 0.717) is 12.2 Å². The van der Waals surface area contributed by atoms with Crippen LogP contribution in [0, 0.1) is 5.41 Å². The molecule has 0 fully saturated rings. The fourth-order valence-electron chi connectivity index (χ4n) is 1.49. The van der Waals surface area contributed by atoms with Crippen LogP contribution in [-0.4, -0.2) is 15.6 Å². The molecule has 0 unspecified atom stereocenters. The second-order valence-electron chi connectivity index (χ2n) is 3.46. The topological polar surface area (TPSA) is 84.8 Å². The molecule has 2 rings (SSSR count). The third-order valence-corrected chi connectivity index (χ3v) is 3.23. The summed E-state index contributed by atoms with van der Waals surface area (Å²) in [5.74, 6) is -0.225. The molecule has 88 valence electrons. The number of nitrogens with one attached hydrogen (secondary N) is 1. The van der Waals surface area contributed by atoms with E-state index < -0.39 is 0 Å². The Labute approximate surface area is 102 Å². The Bertz CT molecular complexity index is 600. The number of aryl methyl sites for hydroxylation is 1. The zero-order chi connectivity index (χ0) is 12.4. The molecule has 0 spiro atoms. The molecule has 0 saturated carbocycles. The Morgan fingerprint density at radius 1 is 1.65 bits per heavy atom. The van der Waals surface area contributed by atoms with Crippen molar-refractivity contribution in [3.05, 3.63) is 39.5 Å². The summed E-state index contributed by atoms with van der Waals surface area (Å²) in [7, 11) is 0. The fraction of sp³-hybridized carbons (Fsp3) is 0.182. The Balaban J connectivity index is 2.67. The number of nitrogens with zero attached hydrogens (tertiary/aromatic N) is 2. The van der Waals surface area contributed by atoms with Crippen molar-refractivity contribution in [3.63, 3.8) is 0 Å². The maximum absolute atomic E-state index is 11.8. The smallest absolute Gasteiger partial charge is 0.277 e. The van der Waals surface area contributed by atoms with Gasteiger partial charge in [-0.05, 0) is 24.4 Å². The largest absolute Gasteiger partial charge is 0.384 e. The average Bonchev–Trinajstić information content (AvgIpc) is 2.82. The van der Waals surface area contributed by atoms with Gasteiger partial charge in [-0.2, -0.15) is 5.10 Å². The van der Waals surface area contributed by atoms with Crippen molar-refractivity contribution >= 4 is 17.2 Å². The maximum atomic E-state index is 11.8. The summed E-state index contributed by atoms with van der Waals surface area (Å²) >= 11 is 1.53. The number of nitrogens with two attached hydrogens (primary N) is 1. The molecule has 2 heterocycles. The van der Waals surface area contributed by atoms with Gasteiger partial charge in [0, 0.05) is 6.54 Å². The molecule has 0 amide bonds. The molecular weight excluding hydrogens is 236 g/mol. The molecule has 0 atom stereocenters. The van der Waals surface area contributed by atoms with Crippen LogP contribution in [0.1, 0.15) is 12.5 Å². The van der Waals surface area contributed by atoms with Crippen LogP contribution in [0.25, 0.3) is 10.6 Å². The van der Waals surface area contributed by atoms with Crippen molar-refractivity contribution in [1.29, 1.82) is 5.41 Å². The average molecular weight is 248 g/mol. The molecule has 6 heteroatoms. The lowest BCUT2D eigenvalue weighted by Crippen LogP contribution is -2.31. The summed E-state index contributed by atoms with van der Waals surface area (Å²) in [4.78, 5) is 12.8. The lowest BCUT2D eigenvalue weighted by atomic mass is 10.2. The molecular formula is C11H12N4OS. The van der Waals surface area contributed by atoms with Crippen LogP contribution >= 0.6 is 11.3 Å². The van der Waals surface area contributed by atoms with Gasteiger partial charge in [-0.1, -0.05) is 6.07 Å². The number of nitrogen functional groups attached to an aromatic ring is 1. The van der Waals surface area contributed by atoms with Crippen molar-refractivity contribution in [1.82, 2.24) is 9.78 Å². The third-order valence-electron chi connectivity index (χ3n) is 2.34. The molecule has 0 aliphatic rings. The SMILES string of the molecule is CCn1nc(-c2cccs2)cc(C(=N)N)c1=O. The van der Waals surface area contributed by atoms with Gasteiger partial charge in [0.2, 0.25) is 0 Å². The summed E-state index contributed by atoms with van der Waals surface area (Å²) < 4.78 is 1.33. The highest BCUT2D eigenvalue weighted by atomic mass is 32.1. The molecule has 0 aliphatic carbocycles. The van der Waals surface area contributed by atoms with Crippen LogP contribution in [0.3, 0.4) is 0 Å². The van der Waals surface area contributed by atoms with Crippen LogP contribution in [0.2, 0.25) is 0 Å². The van der Waals surface area contributed by atoms with E-state index in [1.54, 1.807) is 6.07 Å². The Morgan fingerprint density at radius 2 is 2.41 bits per heavy atom. The van der Waals surface area contributed by atoms with Crippen LogP contribution < -0.4 is 11.3 Å². The molecule has 0 aliphatic heterocycles. The summed E-state index contributed by atoms with van der Waals surface area (Å²) in [6.07, 6.45) is 0. The quantitative estimate of drug-likeness (QED) is 0.633. The van der Waals surface area contributed by atoms with Gasteiger partial charge in [0.1, 0.15) is 11.5 Å². The number of aromatic nitrogens is 2. The van der Waals surface area contributed by atoms with E-state index in [2.05, 4.69) is 5.10 Å². The van der Waals surface area contributed by atoms with Gasteiger partial charge in [0.05, 0.1) is 10.4 Å². The van der Waals surface area contributed by atoms with Crippen molar-refractivity contribution < 1.29 is 0 Å². The molecule has 3 N–H and O–H groups in total. The minimum absolute atomic E-state index is 0.199. The second kappa shape index (κ2) is 4.50.